The lowest BCUT2D eigenvalue weighted by Gasteiger charge is -2.02. The Morgan fingerprint density at radius 3 is 1.95 bits per heavy atom. The minimum absolute atomic E-state index is 0.0222. The van der Waals surface area contributed by atoms with E-state index in [2.05, 4.69) is 34.4 Å². The Hall–Kier alpha value is -1.51. The summed E-state index contributed by atoms with van der Waals surface area (Å²) in [5.41, 5.74) is 1.94. The van der Waals surface area contributed by atoms with Gasteiger partial charge in [0.2, 0.25) is 0 Å². The molecule has 3 heteroatoms. The van der Waals surface area contributed by atoms with E-state index < -0.39 is 0 Å². The average Bonchev–Trinajstić information content (AvgIpc) is 2.46. The van der Waals surface area contributed by atoms with E-state index in [0.29, 0.717) is 6.61 Å². The number of rotatable bonds is 3. The number of hydrogen-bond acceptors (Lipinski definition) is 2. The molecule has 96 valence electrons. The van der Waals surface area contributed by atoms with E-state index in [1.165, 1.54) is 3.57 Å². The van der Waals surface area contributed by atoms with Gasteiger partial charge in [-0.25, -0.2) is 0 Å². The monoisotopic (exact) mass is 364 g/mol. The van der Waals surface area contributed by atoms with Crippen molar-refractivity contribution in [2.75, 3.05) is 13.2 Å². The summed E-state index contributed by atoms with van der Waals surface area (Å²) >= 11 is 2.27. The molecule has 0 heterocycles. The van der Waals surface area contributed by atoms with Crippen molar-refractivity contribution in [1.82, 2.24) is 0 Å². The van der Waals surface area contributed by atoms with Crippen LogP contribution in [0.25, 0.3) is 0 Å². The molecular weight excluding hydrogens is 351 g/mol. The van der Waals surface area contributed by atoms with Gasteiger partial charge in [-0.05, 0) is 71.1 Å². The van der Waals surface area contributed by atoms with Crippen LogP contribution >= 0.6 is 22.6 Å². The van der Waals surface area contributed by atoms with Gasteiger partial charge >= 0.3 is 0 Å². The molecule has 0 saturated heterocycles. The summed E-state index contributed by atoms with van der Waals surface area (Å²) in [7, 11) is 0. The molecule has 0 aliphatic rings. The molecule has 0 radical (unpaired) electrons. The maximum Gasteiger partial charge on any atom is 0.119 e. The summed E-state index contributed by atoms with van der Waals surface area (Å²) in [4.78, 5) is 0. The second kappa shape index (κ2) is 7.17. The van der Waals surface area contributed by atoms with E-state index in [4.69, 9.17) is 9.84 Å². The van der Waals surface area contributed by atoms with Gasteiger partial charge < -0.3 is 9.84 Å². The van der Waals surface area contributed by atoms with Gasteiger partial charge in [0, 0.05) is 14.7 Å². The number of ether oxygens (including phenoxy) is 1. The molecule has 2 nitrogen and oxygen atoms in total. The van der Waals surface area contributed by atoms with Crippen LogP contribution in [0, 0.1) is 15.4 Å². The van der Waals surface area contributed by atoms with Gasteiger partial charge in [-0.3, -0.25) is 0 Å². The van der Waals surface area contributed by atoms with Crippen LogP contribution in [0.4, 0.5) is 0 Å². The van der Waals surface area contributed by atoms with E-state index in [1.54, 1.807) is 0 Å². The van der Waals surface area contributed by atoms with Crippen molar-refractivity contribution in [3.8, 4) is 17.6 Å². The second-order valence-electron chi connectivity index (χ2n) is 3.85. The van der Waals surface area contributed by atoms with Crippen LogP contribution < -0.4 is 4.74 Å². The first-order valence-corrected chi connectivity index (χ1v) is 6.97. The lowest BCUT2D eigenvalue weighted by Crippen LogP contribution is -2.01. The summed E-state index contributed by atoms with van der Waals surface area (Å²) in [5, 5.41) is 8.66. The van der Waals surface area contributed by atoms with Gasteiger partial charge in [0.05, 0.1) is 6.61 Å². The highest BCUT2D eigenvalue weighted by Crippen LogP contribution is 2.11. The maximum absolute atomic E-state index is 8.66. The summed E-state index contributed by atoms with van der Waals surface area (Å²) in [6, 6.07) is 15.6. The molecule has 19 heavy (non-hydrogen) atoms. The quantitative estimate of drug-likeness (QED) is 0.670. The van der Waals surface area contributed by atoms with E-state index in [0.717, 1.165) is 16.9 Å². The molecule has 0 atom stereocenters. The van der Waals surface area contributed by atoms with Crippen molar-refractivity contribution in [3.05, 3.63) is 63.2 Å². The molecule has 0 aromatic heterocycles. The predicted molar refractivity (Wildman–Crippen MR) is 84.2 cm³/mol. The Morgan fingerprint density at radius 2 is 1.42 bits per heavy atom. The van der Waals surface area contributed by atoms with Crippen LogP contribution in [0.15, 0.2) is 48.5 Å². The summed E-state index contributed by atoms with van der Waals surface area (Å²) < 4.78 is 6.49. The lowest BCUT2D eigenvalue weighted by molar-refractivity contribution is 0.201. The molecule has 0 saturated carbocycles. The highest BCUT2D eigenvalue weighted by atomic mass is 127. The Kier molecular flexibility index (Phi) is 5.25. The highest BCUT2D eigenvalue weighted by Gasteiger charge is 1.93. The molecule has 2 rings (SSSR count). The average molecular weight is 364 g/mol. The molecule has 0 unspecified atom stereocenters. The zero-order valence-electron chi connectivity index (χ0n) is 10.3. The molecule has 0 amide bonds. The molecule has 1 N–H and O–H groups in total. The van der Waals surface area contributed by atoms with Gasteiger partial charge in [-0.15, -0.1) is 0 Å². The fourth-order valence-corrected chi connectivity index (χ4v) is 1.84. The standard InChI is InChI=1S/C16H13IO2/c17-15-7-3-13(4-8-15)1-2-14-5-9-16(10-6-14)19-12-11-18/h3-10,18H,11-12H2. The number of hydrogen-bond donors (Lipinski definition) is 1. The van der Waals surface area contributed by atoms with Gasteiger partial charge in [0.15, 0.2) is 0 Å². The van der Waals surface area contributed by atoms with Gasteiger partial charge in [-0.1, -0.05) is 11.8 Å². The molecule has 0 bridgehead atoms. The van der Waals surface area contributed by atoms with Crippen molar-refractivity contribution in [3.63, 3.8) is 0 Å². The number of benzene rings is 2. The molecular formula is C16H13IO2. The Morgan fingerprint density at radius 1 is 0.895 bits per heavy atom. The topological polar surface area (TPSA) is 29.5 Å². The SMILES string of the molecule is OCCOc1ccc(C#Cc2ccc(I)cc2)cc1. The molecule has 0 aliphatic heterocycles. The predicted octanol–water partition coefficient (Wildman–Crippen LogP) is 3.06. The van der Waals surface area contributed by atoms with Crippen LogP contribution in [0.5, 0.6) is 5.75 Å². The van der Waals surface area contributed by atoms with Gasteiger partial charge in [-0.2, -0.15) is 0 Å². The van der Waals surface area contributed by atoms with Crippen LogP contribution in [0.1, 0.15) is 11.1 Å². The molecule has 0 fully saturated rings. The first-order chi connectivity index (χ1) is 9.28. The smallest absolute Gasteiger partial charge is 0.119 e. The maximum atomic E-state index is 8.66. The van der Waals surface area contributed by atoms with Crippen molar-refractivity contribution in [2.24, 2.45) is 0 Å². The summed E-state index contributed by atoms with van der Waals surface area (Å²) in [6.45, 7) is 0.335. The fourth-order valence-electron chi connectivity index (χ4n) is 1.48. The van der Waals surface area contributed by atoms with Gasteiger partial charge in [0.1, 0.15) is 12.4 Å². The number of aliphatic hydroxyl groups excluding tert-OH is 1. The van der Waals surface area contributed by atoms with E-state index in [-0.39, 0.29) is 6.61 Å². The number of aliphatic hydroxyl groups is 1. The van der Waals surface area contributed by atoms with E-state index in [9.17, 15) is 0 Å². The minimum Gasteiger partial charge on any atom is -0.491 e. The van der Waals surface area contributed by atoms with Crippen molar-refractivity contribution in [2.45, 2.75) is 0 Å². The first kappa shape index (κ1) is 13.9. The lowest BCUT2D eigenvalue weighted by atomic mass is 10.2. The van der Waals surface area contributed by atoms with Crippen molar-refractivity contribution in [1.29, 1.82) is 0 Å². The van der Waals surface area contributed by atoms with Crippen LogP contribution in [-0.2, 0) is 0 Å². The second-order valence-corrected chi connectivity index (χ2v) is 5.10. The Balaban J connectivity index is 2.05. The molecule has 0 spiro atoms. The third-order valence-electron chi connectivity index (χ3n) is 2.41. The minimum atomic E-state index is 0.0222. The first-order valence-electron chi connectivity index (χ1n) is 5.89. The fraction of sp³-hybridized carbons (Fsp3) is 0.125. The summed E-state index contributed by atoms with van der Waals surface area (Å²) in [5.74, 6) is 6.97. The Bertz CT molecular complexity index is 577. The molecule has 0 aliphatic carbocycles. The summed E-state index contributed by atoms with van der Waals surface area (Å²) in [6.07, 6.45) is 0. The van der Waals surface area contributed by atoms with Crippen molar-refractivity contribution < 1.29 is 9.84 Å². The van der Waals surface area contributed by atoms with Crippen molar-refractivity contribution >= 4 is 22.6 Å². The third kappa shape index (κ3) is 4.58. The number of halogens is 1. The molecule has 2 aromatic carbocycles. The Labute approximate surface area is 126 Å². The van der Waals surface area contributed by atoms with Crippen LogP contribution in [0.3, 0.4) is 0 Å². The van der Waals surface area contributed by atoms with E-state index >= 15 is 0 Å². The van der Waals surface area contributed by atoms with Crippen LogP contribution in [0.2, 0.25) is 0 Å². The van der Waals surface area contributed by atoms with Gasteiger partial charge in [0.25, 0.3) is 0 Å². The zero-order valence-corrected chi connectivity index (χ0v) is 12.4. The third-order valence-corrected chi connectivity index (χ3v) is 3.13. The van der Waals surface area contributed by atoms with E-state index in [1.807, 2.05) is 48.5 Å². The normalized spacial score (nSPS) is 9.58. The van der Waals surface area contributed by atoms with Crippen LogP contribution in [-0.4, -0.2) is 18.3 Å². The zero-order chi connectivity index (χ0) is 13.5. The largest absolute Gasteiger partial charge is 0.491 e. The highest BCUT2D eigenvalue weighted by molar-refractivity contribution is 14.1. The molecule has 2 aromatic rings.